The van der Waals surface area contributed by atoms with Gasteiger partial charge in [-0.2, -0.15) is 0 Å². The molecule has 1 unspecified atom stereocenters. The van der Waals surface area contributed by atoms with Gasteiger partial charge in [-0.05, 0) is 31.7 Å². The van der Waals surface area contributed by atoms with Crippen molar-refractivity contribution in [3.63, 3.8) is 0 Å². The number of hydrogen-bond donors (Lipinski definition) is 0. The summed E-state index contributed by atoms with van der Waals surface area (Å²) < 4.78 is 11.5. The van der Waals surface area contributed by atoms with Gasteiger partial charge in [-0.3, -0.25) is 4.79 Å². The van der Waals surface area contributed by atoms with Crippen LogP contribution in [0.15, 0.2) is 30.3 Å². The third kappa shape index (κ3) is 3.68. The van der Waals surface area contributed by atoms with Crippen LogP contribution in [0.4, 0.5) is 4.79 Å². The number of hydrogen-bond acceptors (Lipinski definition) is 4. The van der Waals surface area contributed by atoms with Gasteiger partial charge in [0.2, 0.25) is 0 Å². The van der Waals surface area contributed by atoms with Crippen LogP contribution >= 0.6 is 0 Å². The second-order valence-electron chi connectivity index (χ2n) is 8.18. The summed E-state index contributed by atoms with van der Waals surface area (Å²) in [5.41, 5.74) is 0.108. The smallest absolute Gasteiger partial charge is 0.410 e. The van der Waals surface area contributed by atoms with Gasteiger partial charge < -0.3 is 19.3 Å². The Morgan fingerprint density at radius 3 is 2.56 bits per heavy atom. The predicted octanol–water partition coefficient (Wildman–Crippen LogP) is 2.61. The van der Waals surface area contributed by atoms with Gasteiger partial charge in [-0.25, -0.2) is 4.79 Å². The largest absolute Gasteiger partial charge is 0.441 e. The third-order valence-corrected chi connectivity index (χ3v) is 6.19. The van der Waals surface area contributed by atoms with Gasteiger partial charge in [0, 0.05) is 39.1 Å². The molecule has 6 heteroatoms. The Morgan fingerprint density at radius 2 is 1.89 bits per heavy atom. The van der Waals surface area contributed by atoms with E-state index in [4.69, 9.17) is 9.47 Å². The summed E-state index contributed by atoms with van der Waals surface area (Å²) in [5.74, 6) is 0.0834. The van der Waals surface area contributed by atoms with E-state index in [0.717, 1.165) is 19.3 Å². The molecule has 27 heavy (non-hydrogen) atoms. The van der Waals surface area contributed by atoms with Crippen molar-refractivity contribution in [3.05, 3.63) is 35.9 Å². The highest BCUT2D eigenvalue weighted by Crippen LogP contribution is 2.35. The predicted molar refractivity (Wildman–Crippen MR) is 100 cm³/mol. The maximum absolute atomic E-state index is 12.8. The maximum Gasteiger partial charge on any atom is 0.410 e. The number of piperidine rings is 1. The molecule has 0 aliphatic carbocycles. The highest BCUT2D eigenvalue weighted by molar-refractivity contribution is 5.85. The molecule has 6 nitrogen and oxygen atoms in total. The second kappa shape index (κ2) is 7.15. The van der Waals surface area contributed by atoms with Gasteiger partial charge >= 0.3 is 6.09 Å². The average Bonchev–Trinajstić information content (AvgIpc) is 3.25. The zero-order chi connectivity index (χ0) is 18.9. The Balaban J connectivity index is 1.32. The van der Waals surface area contributed by atoms with Crippen molar-refractivity contribution in [1.29, 1.82) is 0 Å². The first-order chi connectivity index (χ1) is 13.0. The van der Waals surface area contributed by atoms with Crippen molar-refractivity contribution in [2.45, 2.75) is 50.2 Å². The summed E-state index contributed by atoms with van der Waals surface area (Å²) in [4.78, 5) is 28.8. The summed E-state index contributed by atoms with van der Waals surface area (Å²) >= 11 is 0. The summed E-state index contributed by atoms with van der Waals surface area (Å²) in [7, 11) is 0. The standard InChI is InChI=1S/C21H28N2O4/c1-20(9-5-15-26-20)18(24)22-13-10-21(11-14-22)16-23(19(25)27-21)12-8-17-6-3-2-4-7-17/h2-4,6-7H,5,8-16H2,1H3. The van der Waals surface area contributed by atoms with Crippen LogP contribution in [0.3, 0.4) is 0 Å². The lowest BCUT2D eigenvalue weighted by molar-refractivity contribution is -0.154. The molecule has 3 aliphatic heterocycles. The van der Waals surface area contributed by atoms with Gasteiger partial charge in [-0.1, -0.05) is 30.3 Å². The molecule has 0 radical (unpaired) electrons. The van der Waals surface area contributed by atoms with Crippen LogP contribution in [0.1, 0.15) is 38.2 Å². The minimum absolute atomic E-state index is 0.0834. The van der Waals surface area contributed by atoms with Crippen LogP contribution in [-0.2, 0) is 20.7 Å². The van der Waals surface area contributed by atoms with Gasteiger partial charge in [0.15, 0.2) is 0 Å². The number of benzene rings is 1. The normalized spacial score (nSPS) is 27.2. The van der Waals surface area contributed by atoms with Crippen LogP contribution in [0, 0.1) is 0 Å². The zero-order valence-electron chi connectivity index (χ0n) is 16.0. The van der Waals surface area contributed by atoms with Crippen LogP contribution in [-0.4, -0.2) is 65.8 Å². The fourth-order valence-corrected chi connectivity index (χ4v) is 4.43. The fourth-order valence-electron chi connectivity index (χ4n) is 4.43. The summed E-state index contributed by atoms with van der Waals surface area (Å²) in [6, 6.07) is 10.2. The van der Waals surface area contributed by atoms with Crippen molar-refractivity contribution >= 4 is 12.0 Å². The second-order valence-corrected chi connectivity index (χ2v) is 8.18. The first kappa shape index (κ1) is 18.3. The van der Waals surface area contributed by atoms with E-state index in [0.29, 0.717) is 45.6 Å². The lowest BCUT2D eigenvalue weighted by Gasteiger charge is -2.40. The van der Waals surface area contributed by atoms with Gasteiger partial charge in [0.25, 0.3) is 5.91 Å². The van der Waals surface area contributed by atoms with E-state index in [1.54, 1.807) is 0 Å². The highest BCUT2D eigenvalue weighted by Gasteiger charge is 2.49. The molecule has 0 saturated carbocycles. The minimum Gasteiger partial charge on any atom is -0.441 e. The molecule has 1 atom stereocenters. The van der Waals surface area contributed by atoms with Crippen LogP contribution in [0.5, 0.6) is 0 Å². The summed E-state index contributed by atoms with van der Waals surface area (Å²) in [6.45, 7) is 5.09. The number of likely N-dealkylation sites (tertiary alicyclic amines) is 1. The molecule has 1 aromatic rings. The summed E-state index contributed by atoms with van der Waals surface area (Å²) in [5, 5.41) is 0. The van der Waals surface area contributed by atoms with Gasteiger partial charge in [0.1, 0.15) is 11.2 Å². The Hall–Kier alpha value is -2.08. The topological polar surface area (TPSA) is 59.1 Å². The molecule has 3 saturated heterocycles. The number of amides is 2. The Bertz CT molecular complexity index is 691. The van der Waals surface area contributed by atoms with Crippen molar-refractivity contribution in [2.24, 2.45) is 0 Å². The lowest BCUT2D eigenvalue weighted by atomic mass is 9.90. The van der Waals surface area contributed by atoms with Crippen molar-refractivity contribution in [2.75, 3.05) is 32.8 Å². The zero-order valence-corrected chi connectivity index (χ0v) is 16.0. The highest BCUT2D eigenvalue weighted by atomic mass is 16.6. The number of carbonyl (C=O) groups excluding carboxylic acids is 2. The van der Waals surface area contributed by atoms with Crippen LogP contribution < -0.4 is 0 Å². The van der Waals surface area contributed by atoms with E-state index in [1.165, 1.54) is 5.56 Å². The molecule has 4 rings (SSSR count). The molecule has 0 bridgehead atoms. The van der Waals surface area contributed by atoms with Crippen LogP contribution in [0.25, 0.3) is 0 Å². The van der Waals surface area contributed by atoms with E-state index >= 15 is 0 Å². The molecular formula is C21H28N2O4. The molecule has 2 amide bonds. The Kier molecular flexibility index (Phi) is 4.84. The molecule has 1 aromatic carbocycles. The minimum atomic E-state index is -0.668. The van der Waals surface area contributed by atoms with E-state index < -0.39 is 11.2 Å². The lowest BCUT2D eigenvalue weighted by Crippen LogP contribution is -2.54. The van der Waals surface area contributed by atoms with E-state index in [2.05, 4.69) is 12.1 Å². The van der Waals surface area contributed by atoms with Crippen LogP contribution in [0.2, 0.25) is 0 Å². The first-order valence-corrected chi connectivity index (χ1v) is 9.95. The number of nitrogens with zero attached hydrogens (tertiary/aromatic N) is 2. The van der Waals surface area contributed by atoms with Gasteiger partial charge in [-0.15, -0.1) is 0 Å². The number of carbonyl (C=O) groups is 2. The van der Waals surface area contributed by atoms with E-state index in [1.807, 2.05) is 34.9 Å². The summed E-state index contributed by atoms with van der Waals surface area (Å²) in [6.07, 6.45) is 3.72. The molecular weight excluding hydrogens is 344 g/mol. The molecule has 3 heterocycles. The first-order valence-electron chi connectivity index (χ1n) is 9.95. The molecule has 3 aliphatic rings. The Morgan fingerprint density at radius 1 is 1.15 bits per heavy atom. The molecule has 0 aromatic heterocycles. The third-order valence-electron chi connectivity index (χ3n) is 6.19. The van der Waals surface area contributed by atoms with Gasteiger partial charge in [0.05, 0.1) is 6.54 Å². The average molecular weight is 372 g/mol. The maximum atomic E-state index is 12.8. The number of rotatable bonds is 4. The van der Waals surface area contributed by atoms with Crippen molar-refractivity contribution in [3.8, 4) is 0 Å². The monoisotopic (exact) mass is 372 g/mol. The SMILES string of the molecule is CC1(C(=O)N2CCC3(CC2)CN(CCc2ccccc2)C(=O)O3)CCCO1. The van der Waals surface area contributed by atoms with Crippen molar-refractivity contribution in [1.82, 2.24) is 9.80 Å². The number of ether oxygens (including phenoxy) is 2. The van der Waals surface area contributed by atoms with E-state index in [9.17, 15) is 9.59 Å². The Labute approximate surface area is 160 Å². The molecule has 0 N–H and O–H groups in total. The van der Waals surface area contributed by atoms with E-state index in [-0.39, 0.29) is 12.0 Å². The molecule has 3 fully saturated rings. The molecule has 1 spiro atoms. The van der Waals surface area contributed by atoms with Crippen molar-refractivity contribution < 1.29 is 19.1 Å². The molecule has 146 valence electrons. The quantitative estimate of drug-likeness (QED) is 0.815. The fraction of sp³-hybridized carbons (Fsp3) is 0.619.